The van der Waals surface area contributed by atoms with Crippen LogP contribution in [0.4, 0.5) is 5.69 Å². The van der Waals surface area contributed by atoms with Crippen LogP contribution in [0.1, 0.15) is 51.3 Å². The molecule has 8 rings (SSSR count). The molecule has 2 heterocycles. The van der Waals surface area contributed by atoms with Crippen molar-refractivity contribution in [2.45, 2.75) is 51.2 Å². The Kier molecular flexibility index (Phi) is 13.0. The highest BCUT2D eigenvalue weighted by Gasteiger charge is 2.56. The van der Waals surface area contributed by atoms with Gasteiger partial charge in [-0.3, -0.25) is 19.5 Å². The summed E-state index contributed by atoms with van der Waals surface area (Å²) in [4.78, 5) is 34.9. The number of hydrogen-bond donors (Lipinski definition) is 5. The molecule has 326 valence electrons. The molecule has 2 aliphatic rings. The number of benzene rings is 5. The van der Waals surface area contributed by atoms with Crippen LogP contribution in [0.5, 0.6) is 5.75 Å². The van der Waals surface area contributed by atoms with Gasteiger partial charge in [-0.25, -0.2) is 0 Å². The van der Waals surface area contributed by atoms with Gasteiger partial charge in [0.1, 0.15) is 5.75 Å². The second-order valence-electron chi connectivity index (χ2n) is 17.8. The SMILES string of the molecule is CC(C)(C)[Si](OCC1=C([C@H](O)CC/C(=C/c2ccc(O)c3ccccc23)c2ccccn2)[C@H](CO)[C@@H]2C(=O)N(c3cccc(B(O)O)c3)C(=O)[C@@H]2C1)(c1ccccc1)c1ccccc1. The zero-order chi connectivity index (χ0) is 45.2. The Bertz CT molecular complexity index is 2670. The van der Waals surface area contributed by atoms with Crippen molar-refractivity contribution in [3.05, 3.63) is 168 Å². The molecule has 0 radical (unpaired) electrons. The molecular weight excluding hydrogens is 819 g/mol. The van der Waals surface area contributed by atoms with Gasteiger partial charge in [-0.2, -0.15) is 0 Å². The van der Waals surface area contributed by atoms with Crippen LogP contribution in [0.15, 0.2) is 157 Å². The molecule has 0 saturated carbocycles. The van der Waals surface area contributed by atoms with E-state index in [0.29, 0.717) is 28.6 Å². The third-order valence-corrected chi connectivity index (χ3v) is 18.0. The number of phenols is 1. The second-order valence-corrected chi connectivity index (χ2v) is 22.1. The summed E-state index contributed by atoms with van der Waals surface area (Å²) >= 11 is 0. The monoisotopic (exact) mass is 872 g/mol. The lowest BCUT2D eigenvalue weighted by molar-refractivity contribution is -0.123. The Morgan fingerprint density at radius 2 is 1.50 bits per heavy atom. The summed E-state index contributed by atoms with van der Waals surface area (Å²) < 4.78 is 7.45. The van der Waals surface area contributed by atoms with Gasteiger partial charge in [0, 0.05) is 17.5 Å². The topological polar surface area (TPSA) is 161 Å². The van der Waals surface area contributed by atoms with E-state index in [0.717, 1.165) is 31.8 Å². The van der Waals surface area contributed by atoms with E-state index in [1.165, 1.54) is 12.1 Å². The van der Waals surface area contributed by atoms with Crippen LogP contribution in [-0.2, 0) is 14.0 Å². The lowest BCUT2D eigenvalue weighted by Crippen LogP contribution is -2.66. The number of aliphatic hydroxyl groups is 2. The molecule has 4 atom stereocenters. The van der Waals surface area contributed by atoms with Crippen LogP contribution < -0.4 is 20.7 Å². The Hall–Kier alpha value is -5.99. The van der Waals surface area contributed by atoms with Gasteiger partial charge in [0.2, 0.25) is 11.8 Å². The van der Waals surface area contributed by atoms with Gasteiger partial charge >= 0.3 is 7.12 Å². The van der Waals surface area contributed by atoms with E-state index in [2.05, 4.69) is 50.0 Å². The quantitative estimate of drug-likeness (QED) is 0.0503. The first-order valence-electron chi connectivity index (χ1n) is 21.8. The number of phenolic OH excluding ortho intramolecular Hbond substituents is 1. The number of carbonyl (C=O) groups excluding carboxylic acids is 2. The number of aromatic hydroxyl groups is 1. The smallest absolute Gasteiger partial charge is 0.488 e. The molecule has 2 amide bonds. The molecule has 0 unspecified atom stereocenters. The Morgan fingerprint density at radius 1 is 0.844 bits per heavy atom. The number of rotatable bonds is 14. The Morgan fingerprint density at radius 3 is 2.12 bits per heavy atom. The molecule has 1 aromatic heterocycles. The fraction of sp³-hybridized carbons (Fsp3) is 0.250. The van der Waals surface area contributed by atoms with Crippen molar-refractivity contribution in [2.75, 3.05) is 18.1 Å². The molecule has 1 saturated heterocycles. The highest BCUT2D eigenvalue weighted by molar-refractivity contribution is 6.99. The molecular formula is C52H53BN2O8Si. The van der Waals surface area contributed by atoms with Gasteiger partial charge in [0.05, 0.1) is 42.5 Å². The third kappa shape index (κ3) is 8.41. The number of carbonyl (C=O) groups is 2. The fourth-order valence-corrected chi connectivity index (χ4v) is 14.6. The predicted octanol–water partition coefficient (Wildman–Crippen LogP) is 5.99. The maximum absolute atomic E-state index is 14.6. The van der Waals surface area contributed by atoms with E-state index in [1.54, 1.807) is 24.4 Å². The third-order valence-electron chi connectivity index (χ3n) is 13.0. The molecule has 1 aliphatic heterocycles. The minimum absolute atomic E-state index is 0.0372. The van der Waals surface area contributed by atoms with Crippen molar-refractivity contribution >= 4 is 71.2 Å². The number of imide groups is 1. The van der Waals surface area contributed by atoms with E-state index in [4.69, 9.17) is 4.43 Å². The normalized spacial score (nSPS) is 18.7. The first kappa shape index (κ1) is 44.6. The largest absolute Gasteiger partial charge is 0.507 e. The van der Waals surface area contributed by atoms with Gasteiger partial charge in [-0.15, -0.1) is 0 Å². The number of aliphatic hydroxyl groups excluding tert-OH is 2. The summed E-state index contributed by atoms with van der Waals surface area (Å²) in [5.74, 6) is -3.60. The summed E-state index contributed by atoms with van der Waals surface area (Å²) in [5, 5.41) is 57.9. The summed E-state index contributed by atoms with van der Waals surface area (Å²) in [7, 11) is -4.96. The van der Waals surface area contributed by atoms with Crippen LogP contribution in [0.2, 0.25) is 5.04 Å². The fourth-order valence-electron chi connectivity index (χ4n) is 10.0. The number of amides is 2. The van der Waals surface area contributed by atoms with Gasteiger partial charge in [-0.1, -0.05) is 130 Å². The average Bonchev–Trinajstić information content (AvgIpc) is 3.56. The number of fused-ring (bicyclic) bond motifs is 2. The van der Waals surface area contributed by atoms with Crippen molar-refractivity contribution in [2.24, 2.45) is 17.8 Å². The van der Waals surface area contributed by atoms with Gasteiger partial charge in [0.15, 0.2) is 0 Å². The van der Waals surface area contributed by atoms with Crippen molar-refractivity contribution in [3.8, 4) is 5.75 Å². The van der Waals surface area contributed by atoms with Crippen LogP contribution in [-0.4, -0.2) is 76.9 Å². The van der Waals surface area contributed by atoms with Crippen molar-refractivity contribution < 1.29 is 39.4 Å². The minimum atomic E-state index is -3.15. The molecule has 10 nitrogen and oxygen atoms in total. The highest BCUT2D eigenvalue weighted by Crippen LogP contribution is 2.48. The molecule has 5 N–H and O–H groups in total. The molecule has 0 spiro atoms. The van der Waals surface area contributed by atoms with Crippen LogP contribution in [0.3, 0.4) is 0 Å². The maximum Gasteiger partial charge on any atom is 0.488 e. The van der Waals surface area contributed by atoms with E-state index in [9.17, 15) is 35.0 Å². The number of nitrogens with zero attached hydrogens (tertiary/aromatic N) is 2. The molecule has 12 heteroatoms. The molecule has 6 aromatic rings. The molecule has 1 fully saturated rings. The Labute approximate surface area is 375 Å². The van der Waals surface area contributed by atoms with E-state index >= 15 is 0 Å². The van der Waals surface area contributed by atoms with Crippen molar-refractivity contribution in [1.29, 1.82) is 0 Å². The lowest BCUT2D eigenvalue weighted by Gasteiger charge is -2.44. The van der Waals surface area contributed by atoms with Crippen molar-refractivity contribution in [1.82, 2.24) is 4.98 Å². The summed E-state index contributed by atoms with van der Waals surface area (Å²) in [5.41, 5.74) is 3.88. The number of allylic oxidation sites excluding steroid dienone is 1. The van der Waals surface area contributed by atoms with Gasteiger partial charge in [-0.05, 0) is 104 Å². The summed E-state index contributed by atoms with van der Waals surface area (Å²) in [6.45, 7) is 6.05. The van der Waals surface area contributed by atoms with Crippen LogP contribution in [0.25, 0.3) is 22.4 Å². The van der Waals surface area contributed by atoms with Gasteiger partial charge in [0.25, 0.3) is 8.32 Å². The zero-order valence-corrected chi connectivity index (χ0v) is 37.2. The number of hydrogen-bond acceptors (Lipinski definition) is 9. The molecule has 0 bridgehead atoms. The second kappa shape index (κ2) is 18.6. The molecule has 64 heavy (non-hydrogen) atoms. The average molecular weight is 873 g/mol. The molecule has 5 aromatic carbocycles. The Balaban J connectivity index is 1.22. The van der Waals surface area contributed by atoms with Crippen molar-refractivity contribution in [3.63, 3.8) is 0 Å². The maximum atomic E-state index is 14.6. The zero-order valence-electron chi connectivity index (χ0n) is 36.2. The first-order chi connectivity index (χ1) is 30.8. The summed E-state index contributed by atoms with van der Waals surface area (Å²) in [6.07, 6.45) is 3.22. The standard InChI is InChI=1S/C52H53BN2O8Si/c1-52(2,3)64(39-17-6-4-7-18-39,40-19-8-5-9-20-40)63-33-36-30-43-49(51(60)55(50(43)59)38-16-14-15-37(31-38)53(61)62)44(32-56)48(36)47(58)27-25-35(45-23-12-13-28-54-45)29-34-24-26-46(57)42-22-11-10-21-41(34)42/h4-24,26,28-29,31,43-44,47,49,56-58,61-62H,25,27,30,32-33H2,1-3H3/b35-29-/t43-,44+,47-,49-/m1/s1. The predicted molar refractivity (Wildman–Crippen MR) is 254 cm³/mol. The number of pyridine rings is 1. The van der Waals surface area contributed by atoms with E-state index < -0.39 is 57.7 Å². The van der Waals surface area contributed by atoms with E-state index in [-0.39, 0.29) is 41.4 Å². The van der Waals surface area contributed by atoms with Crippen LogP contribution in [0, 0.1) is 17.8 Å². The highest BCUT2D eigenvalue weighted by atomic mass is 28.4. The minimum Gasteiger partial charge on any atom is -0.507 e. The van der Waals surface area contributed by atoms with Crippen LogP contribution >= 0.6 is 0 Å². The molecule has 1 aliphatic carbocycles. The number of anilines is 1. The van der Waals surface area contributed by atoms with E-state index in [1.807, 2.05) is 91.0 Å². The lowest BCUT2D eigenvalue weighted by atomic mass is 9.68. The van der Waals surface area contributed by atoms with Gasteiger partial charge < -0.3 is 29.8 Å². The number of aromatic nitrogens is 1. The first-order valence-corrected chi connectivity index (χ1v) is 23.7. The summed E-state index contributed by atoms with van der Waals surface area (Å²) in [6, 6.07) is 43.2.